The van der Waals surface area contributed by atoms with E-state index in [1.807, 2.05) is 0 Å². The standard InChI is InChI=1S/C17H33N/c1-14-9-11-16(12-10-14)13-18-15(2)17-7-5-3-4-6-8-17/h14-18H,3-13H2,1-2H3/t14?,15-,16?/m0/s1. The summed E-state index contributed by atoms with van der Waals surface area (Å²) >= 11 is 0. The topological polar surface area (TPSA) is 12.0 Å². The first-order valence-corrected chi connectivity index (χ1v) is 8.49. The summed E-state index contributed by atoms with van der Waals surface area (Å²) in [5, 5.41) is 3.86. The summed E-state index contributed by atoms with van der Waals surface area (Å²) in [4.78, 5) is 0. The third-order valence-corrected chi connectivity index (χ3v) is 5.47. The van der Waals surface area contributed by atoms with E-state index in [0.29, 0.717) is 0 Å². The van der Waals surface area contributed by atoms with Crippen LogP contribution in [0.15, 0.2) is 0 Å². The molecule has 0 saturated heterocycles. The molecule has 0 bridgehead atoms. The second kappa shape index (κ2) is 7.53. The van der Waals surface area contributed by atoms with Gasteiger partial charge in [0.05, 0.1) is 0 Å². The third-order valence-electron chi connectivity index (χ3n) is 5.47. The highest BCUT2D eigenvalue weighted by Crippen LogP contribution is 2.29. The fourth-order valence-corrected chi connectivity index (χ4v) is 3.86. The first-order chi connectivity index (χ1) is 8.75. The van der Waals surface area contributed by atoms with Crippen LogP contribution in [-0.4, -0.2) is 12.6 Å². The van der Waals surface area contributed by atoms with Crippen molar-refractivity contribution in [3.63, 3.8) is 0 Å². The summed E-state index contributed by atoms with van der Waals surface area (Å²) in [6, 6.07) is 0.752. The average Bonchev–Trinajstić information content (AvgIpc) is 2.66. The SMILES string of the molecule is CC1CCC(CN[C@@H](C)C2CCCCCC2)CC1. The smallest absolute Gasteiger partial charge is 0.00671 e. The van der Waals surface area contributed by atoms with Gasteiger partial charge in [-0.2, -0.15) is 0 Å². The van der Waals surface area contributed by atoms with Gasteiger partial charge in [-0.05, 0) is 56.9 Å². The fourth-order valence-electron chi connectivity index (χ4n) is 3.86. The fraction of sp³-hybridized carbons (Fsp3) is 1.00. The molecule has 106 valence electrons. The van der Waals surface area contributed by atoms with E-state index >= 15 is 0 Å². The van der Waals surface area contributed by atoms with Crippen LogP contribution < -0.4 is 5.32 Å². The zero-order chi connectivity index (χ0) is 12.8. The molecule has 1 nitrogen and oxygen atoms in total. The van der Waals surface area contributed by atoms with Crippen molar-refractivity contribution in [3.05, 3.63) is 0 Å². The van der Waals surface area contributed by atoms with Gasteiger partial charge in [0.2, 0.25) is 0 Å². The quantitative estimate of drug-likeness (QED) is 0.710. The van der Waals surface area contributed by atoms with Crippen LogP contribution in [0.1, 0.15) is 78.1 Å². The Kier molecular flexibility index (Phi) is 6.01. The molecule has 0 aromatic heterocycles. The summed E-state index contributed by atoms with van der Waals surface area (Å²) in [5.74, 6) is 2.91. The lowest BCUT2D eigenvalue weighted by Crippen LogP contribution is -2.37. The molecule has 0 spiro atoms. The predicted octanol–water partition coefficient (Wildman–Crippen LogP) is 4.76. The average molecular weight is 251 g/mol. The van der Waals surface area contributed by atoms with Crippen molar-refractivity contribution in [2.75, 3.05) is 6.54 Å². The molecule has 0 aliphatic heterocycles. The molecule has 0 unspecified atom stereocenters. The molecule has 0 heterocycles. The molecular weight excluding hydrogens is 218 g/mol. The molecule has 2 fully saturated rings. The minimum atomic E-state index is 0.752. The van der Waals surface area contributed by atoms with Crippen molar-refractivity contribution in [1.82, 2.24) is 5.32 Å². The Labute approximate surface area is 114 Å². The van der Waals surface area contributed by atoms with E-state index in [1.54, 1.807) is 0 Å². The van der Waals surface area contributed by atoms with E-state index in [2.05, 4.69) is 19.2 Å². The van der Waals surface area contributed by atoms with Gasteiger partial charge >= 0.3 is 0 Å². The lowest BCUT2D eigenvalue weighted by molar-refractivity contribution is 0.256. The highest BCUT2D eigenvalue weighted by Gasteiger charge is 2.22. The summed E-state index contributed by atoms with van der Waals surface area (Å²) in [6.07, 6.45) is 14.7. The Hall–Kier alpha value is -0.0400. The molecule has 1 heteroatoms. The van der Waals surface area contributed by atoms with E-state index < -0.39 is 0 Å². The predicted molar refractivity (Wildman–Crippen MR) is 79.8 cm³/mol. The van der Waals surface area contributed by atoms with Crippen LogP contribution >= 0.6 is 0 Å². The first kappa shape index (κ1) is 14.4. The highest BCUT2D eigenvalue weighted by molar-refractivity contribution is 4.78. The van der Waals surface area contributed by atoms with Crippen molar-refractivity contribution in [2.45, 2.75) is 84.1 Å². The Morgan fingerprint density at radius 2 is 1.50 bits per heavy atom. The van der Waals surface area contributed by atoms with Gasteiger partial charge in [0.25, 0.3) is 0 Å². The normalized spacial score (nSPS) is 33.0. The van der Waals surface area contributed by atoms with Crippen LogP contribution in [0.4, 0.5) is 0 Å². The maximum Gasteiger partial charge on any atom is 0.00671 e. The van der Waals surface area contributed by atoms with Crippen LogP contribution in [0.3, 0.4) is 0 Å². The van der Waals surface area contributed by atoms with Gasteiger partial charge in [0.15, 0.2) is 0 Å². The van der Waals surface area contributed by atoms with E-state index in [-0.39, 0.29) is 0 Å². The molecule has 2 rings (SSSR count). The summed E-state index contributed by atoms with van der Waals surface area (Å²) in [6.45, 7) is 6.13. The van der Waals surface area contributed by atoms with E-state index in [4.69, 9.17) is 0 Å². The molecule has 0 amide bonds. The number of nitrogens with one attached hydrogen (secondary N) is 1. The summed E-state index contributed by atoms with van der Waals surface area (Å²) in [7, 11) is 0. The molecule has 0 aromatic rings. The lowest BCUT2D eigenvalue weighted by Gasteiger charge is -2.30. The zero-order valence-electron chi connectivity index (χ0n) is 12.6. The van der Waals surface area contributed by atoms with Crippen molar-refractivity contribution in [3.8, 4) is 0 Å². The molecule has 0 aromatic carbocycles. The minimum absolute atomic E-state index is 0.752. The number of hydrogen-bond acceptors (Lipinski definition) is 1. The van der Waals surface area contributed by atoms with Crippen molar-refractivity contribution in [1.29, 1.82) is 0 Å². The minimum Gasteiger partial charge on any atom is -0.314 e. The van der Waals surface area contributed by atoms with Gasteiger partial charge in [-0.25, -0.2) is 0 Å². The molecular formula is C17H33N. The Morgan fingerprint density at radius 3 is 2.11 bits per heavy atom. The van der Waals surface area contributed by atoms with E-state index in [1.165, 1.54) is 70.8 Å². The van der Waals surface area contributed by atoms with Gasteiger partial charge in [-0.1, -0.05) is 45.4 Å². The summed E-state index contributed by atoms with van der Waals surface area (Å²) < 4.78 is 0. The maximum atomic E-state index is 3.86. The summed E-state index contributed by atoms with van der Waals surface area (Å²) in [5.41, 5.74) is 0. The van der Waals surface area contributed by atoms with E-state index in [9.17, 15) is 0 Å². The Balaban J connectivity index is 1.65. The van der Waals surface area contributed by atoms with Crippen molar-refractivity contribution < 1.29 is 0 Å². The Bertz CT molecular complexity index is 210. The number of hydrogen-bond donors (Lipinski definition) is 1. The zero-order valence-corrected chi connectivity index (χ0v) is 12.6. The molecule has 18 heavy (non-hydrogen) atoms. The van der Waals surface area contributed by atoms with Gasteiger partial charge in [0.1, 0.15) is 0 Å². The van der Waals surface area contributed by atoms with Gasteiger partial charge in [-0.3, -0.25) is 0 Å². The highest BCUT2D eigenvalue weighted by atomic mass is 14.9. The van der Waals surface area contributed by atoms with Crippen LogP contribution in [0.5, 0.6) is 0 Å². The van der Waals surface area contributed by atoms with E-state index in [0.717, 1.165) is 23.8 Å². The third kappa shape index (κ3) is 4.57. The van der Waals surface area contributed by atoms with Gasteiger partial charge < -0.3 is 5.32 Å². The van der Waals surface area contributed by atoms with Crippen LogP contribution in [0.2, 0.25) is 0 Å². The maximum absolute atomic E-state index is 3.86. The molecule has 0 radical (unpaired) electrons. The Morgan fingerprint density at radius 1 is 0.889 bits per heavy atom. The van der Waals surface area contributed by atoms with Crippen LogP contribution in [0, 0.1) is 17.8 Å². The molecule has 2 aliphatic rings. The van der Waals surface area contributed by atoms with Gasteiger partial charge in [-0.15, -0.1) is 0 Å². The lowest BCUT2D eigenvalue weighted by atomic mass is 9.82. The molecule has 1 atom stereocenters. The molecule has 2 saturated carbocycles. The monoisotopic (exact) mass is 251 g/mol. The number of rotatable bonds is 4. The van der Waals surface area contributed by atoms with Crippen LogP contribution in [-0.2, 0) is 0 Å². The van der Waals surface area contributed by atoms with Crippen molar-refractivity contribution in [2.24, 2.45) is 17.8 Å². The second-order valence-electron chi connectivity index (χ2n) is 7.07. The molecule has 2 aliphatic carbocycles. The largest absolute Gasteiger partial charge is 0.314 e. The van der Waals surface area contributed by atoms with Crippen molar-refractivity contribution >= 4 is 0 Å². The molecule has 1 N–H and O–H groups in total. The van der Waals surface area contributed by atoms with Crippen LogP contribution in [0.25, 0.3) is 0 Å². The second-order valence-corrected chi connectivity index (χ2v) is 7.07. The van der Waals surface area contributed by atoms with Gasteiger partial charge in [0, 0.05) is 6.04 Å². The first-order valence-electron chi connectivity index (χ1n) is 8.49.